The zero-order chi connectivity index (χ0) is 14.5. The van der Waals surface area contributed by atoms with Gasteiger partial charge < -0.3 is 10.4 Å². The summed E-state index contributed by atoms with van der Waals surface area (Å²) in [5.74, 6) is -0.303. The third-order valence-electron chi connectivity index (χ3n) is 3.21. The van der Waals surface area contributed by atoms with Gasteiger partial charge in [-0.2, -0.15) is 9.90 Å². The molecule has 106 valence electrons. The van der Waals surface area contributed by atoms with Crippen LogP contribution < -0.4 is 5.32 Å². The predicted octanol–water partition coefficient (Wildman–Crippen LogP) is 1.01. The molecule has 2 unspecified atom stereocenters. The Hall–Kier alpha value is -2.21. The topological polar surface area (TPSA) is 80.0 Å². The lowest BCUT2D eigenvalue weighted by Gasteiger charge is -2.18. The van der Waals surface area contributed by atoms with Gasteiger partial charge in [0.2, 0.25) is 0 Å². The number of carbonyl (C=O) groups excluding carboxylic acids is 1. The molecule has 0 bridgehead atoms. The van der Waals surface area contributed by atoms with E-state index < -0.39 is 0 Å². The van der Waals surface area contributed by atoms with Gasteiger partial charge in [-0.05, 0) is 25.0 Å². The Morgan fingerprint density at radius 3 is 2.70 bits per heavy atom. The monoisotopic (exact) mass is 274 g/mol. The minimum absolute atomic E-state index is 0.0110. The number of nitrogens with one attached hydrogen (secondary N) is 1. The number of carbonyl (C=O) groups is 1. The van der Waals surface area contributed by atoms with Crippen molar-refractivity contribution >= 4 is 5.91 Å². The number of aliphatic hydroxyl groups excluding tert-OH is 1. The standard InChI is InChI=1S/C14H18N4O2/c1-10(9-19)11(2)16-14(20)13-8-15-18(17-13)12-6-4-3-5-7-12/h3-8,10-11,19H,9H2,1-2H3,(H,16,20). The van der Waals surface area contributed by atoms with E-state index in [1.165, 1.54) is 11.0 Å². The lowest BCUT2D eigenvalue weighted by molar-refractivity contribution is 0.0911. The first kappa shape index (κ1) is 14.2. The van der Waals surface area contributed by atoms with Crippen LogP contribution in [0.3, 0.4) is 0 Å². The fourth-order valence-electron chi connectivity index (χ4n) is 1.63. The molecule has 2 N–H and O–H groups in total. The molecule has 0 saturated heterocycles. The minimum atomic E-state index is -0.292. The van der Waals surface area contributed by atoms with Crippen LogP contribution in [0.4, 0.5) is 0 Å². The Kier molecular flexibility index (Phi) is 4.47. The lowest BCUT2D eigenvalue weighted by Crippen LogP contribution is -2.38. The van der Waals surface area contributed by atoms with E-state index in [1.54, 1.807) is 0 Å². The maximum Gasteiger partial charge on any atom is 0.273 e. The van der Waals surface area contributed by atoms with Gasteiger partial charge in [0.1, 0.15) is 0 Å². The van der Waals surface area contributed by atoms with Gasteiger partial charge in [-0.25, -0.2) is 0 Å². The third-order valence-corrected chi connectivity index (χ3v) is 3.21. The second-order valence-electron chi connectivity index (χ2n) is 4.78. The summed E-state index contributed by atoms with van der Waals surface area (Å²) in [5, 5.41) is 20.1. The molecule has 1 amide bonds. The molecule has 0 radical (unpaired) electrons. The minimum Gasteiger partial charge on any atom is -0.396 e. The molecule has 0 aliphatic carbocycles. The van der Waals surface area contributed by atoms with E-state index in [2.05, 4.69) is 15.5 Å². The zero-order valence-corrected chi connectivity index (χ0v) is 11.5. The Labute approximate surface area is 117 Å². The van der Waals surface area contributed by atoms with Crippen molar-refractivity contribution in [3.63, 3.8) is 0 Å². The van der Waals surface area contributed by atoms with Gasteiger partial charge in [-0.1, -0.05) is 25.1 Å². The summed E-state index contributed by atoms with van der Waals surface area (Å²) < 4.78 is 0. The van der Waals surface area contributed by atoms with Gasteiger partial charge in [-0.3, -0.25) is 4.79 Å². The second-order valence-corrected chi connectivity index (χ2v) is 4.78. The summed E-state index contributed by atoms with van der Waals surface area (Å²) in [6.45, 7) is 3.74. The summed E-state index contributed by atoms with van der Waals surface area (Å²) in [6, 6.07) is 9.25. The maximum atomic E-state index is 12.0. The van der Waals surface area contributed by atoms with Gasteiger partial charge in [0.05, 0.1) is 11.9 Å². The van der Waals surface area contributed by atoms with Crippen molar-refractivity contribution in [2.24, 2.45) is 5.92 Å². The van der Waals surface area contributed by atoms with Crippen molar-refractivity contribution in [2.45, 2.75) is 19.9 Å². The van der Waals surface area contributed by atoms with E-state index in [9.17, 15) is 4.79 Å². The Balaban J connectivity index is 2.07. The molecule has 1 aromatic heterocycles. The Morgan fingerprint density at radius 1 is 1.35 bits per heavy atom. The Bertz CT molecular complexity index is 568. The molecule has 0 spiro atoms. The summed E-state index contributed by atoms with van der Waals surface area (Å²) in [4.78, 5) is 13.4. The first-order valence-corrected chi connectivity index (χ1v) is 6.51. The molecule has 2 rings (SSSR count). The number of rotatable bonds is 5. The highest BCUT2D eigenvalue weighted by Gasteiger charge is 2.17. The van der Waals surface area contributed by atoms with E-state index in [0.717, 1.165) is 5.69 Å². The van der Waals surface area contributed by atoms with Crippen LogP contribution in [-0.2, 0) is 0 Å². The summed E-state index contributed by atoms with van der Waals surface area (Å²) in [7, 11) is 0. The van der Waals surface area contributed by atoms with Gasteiger partial charge in [0.25, 0.3) is 5.91 Å². The molecule has 0 aliphatic heterocycles. The van der Waals surface area contributed by atoms with Crippen LogP contribution in [0, 0.1) is 5.92 Å². The van der Waals surface area contributed by atoms with E-state index >= 15 is 0 Å². The van der Waals surface area contributed by atoms with Crippen molar-refractivity contribution < 1.29 is 9.90 Å². The number of benzene rings is 1. The highest BCUT2D eigenvalue weighted by Crippen LogP contribution is 2.06. The maximum absolute atomic E-state index is 12.0. The van der Waals surface area contributed by atoms with Crippen molar-refractivity contribution in [2.75, 3.05) is 6.61 Å². The molecule has 6 heteroatoms. The van der Waals surface area contributed by atoms with Gasteiger partial charge in [0.15, 0.2) is 5.69 Å². The average molecular weight is 274 g/mol. The van der Waals surface area contributed by atoms with Crippen LogP contribution in [0.15, 0.2) is 36.5 Å². The second kappa shape index (κ2) is 6.29. The van der Waals surface area contributed by atoms with Crippen molar-refractivity contribution in [1.29, 1.82) is 0 Å². The fraction of sp³-hybridized carbons (Fsp3) is 0.357. The van der Waals surface area contributed by atoms with Crippen molar-refractivity contribution in [3.05, 3.63) is 42.2 Å². The molecule has 20 heavy (non-hydrogen) atoms. The number of aliphatic hydroxyl groups is 1. The molecule has 0 saturated carbocycles. The highest BCUT2D eigenvalue weighted by molar-refractivity contribution is 5.92. The molecule has 1 aromatic carbocycles. The number of amides is 1. The number of aromatic nitrogens is 3. The third kappa shape index (κ3) is 3.21. The van der Waals surface area contributed by atoms with E-state index in [1.807, 2.05) is 44.2 Å². The molecule has 2 atom stereocenters. The molecular weight excluding hydrogens is 256 g/mol. The van der Waals surface area contributed by atoms with E-state index in [0.29, 0.717) is 0 Å². The van der Waals surface area contributed by atoms with Crippen LogP contribution in [0.1, 0.15) is 24.3 Å². The van der Waals surface area contributed by atoms with Crippen molar-refractivity contribution in [3.8, 4) is 5.69 Å². The van der Waals surface area contributed by atoms with Crippen LogP contribution in [-0.4, -0.2) is 38.7 Å². The molecular formula is C14H18N4O2. The number of hydrogen-bond donors (Lipinski definition) is 2. The summed E-state index contributed by atoms with van der Waals surface area (Å²) >= 11 is 0. The van der Waals surface area contributed by atoms with E-state index in [4.69, 9.17) is 5.11 Å². The zero-order valence-electron chi connectivity index (χ0n) is 11.5. The molecule has 6 nitrogen and oxygen atoms in total. The molecule has 0 fully saturated rings. The normalized spacial score (nSPS) is 13.8. The molecule has 1 heterocycles. The average Bonchev–Trinajstić information content (AvgIpc) is 2.97. The quantitative estimate of drug-likeness (QED) is 0.853. The first-order valence-electron chi connectivity index (χ1n) is 6.51. The van der Waals surface area contributed by atoms with Gasteiger partial charge in [-0.15, -0.1) is 5.10 Å². The fourth-order valence-corrected chi connectivity index (χ4v) is 1.63. The number of para-hydroxylation sites is 1. The summed E-state index contributed by atoms with van der Waals surface area (Å²) in [6.07, 6.45) is 1.43. The summed E-state index contributed by atoms with van der Waals surface area (Å²) in [5.41, 5.74) is 1.05. The van der Waals surface area contributed by atoms with Gasteiger partial charge in [0, 0.05) is 12.6 Å². The van der Waals surface area contributed by atoms with Crippen LogP contribution >= 0.6 is 0 Å². The SMILES string of the molecule is CC(CO)C(C)NC(=O)c1cnn(-c2ccccc2)n1. The lowest BCUT2D eigenvalue weighted by atomic mass is 10.1. The van der Waals surface area contributed by atoms with Crippen LogP contribution in [0.25, 0.3) is 5.69 Å². The Morgan fingerprint density at radius 2 is 2.05 bits per heavy atom. The molecule has 2 aromatic rings. The van der Waals surface area contributed by atoms with Crippen molar-refractivity contribution in [1.82, 2.24) is 20.3 Å². The first-order chi connectivity index (χ1) is 9.61. The number of hydrogen-bond acceptors (Lipinski definition) is 4. The smallest absolute Gasteiger partial charge is 0.273 e. The van der Waals surface area contributed by atoms with Gasteiger partial charge >= 0.3 is 0 Å². The predicted molar refractivity (Wildman–Crippen MR) is 74.5 cm³/mol. The largest absolute Gasteiger partial charge is 0.396 e. The van der Waals surface area contributed by atoms with E-state index in [-0.39, 0.29) is 30.2 Å². The van der Waals surface area contributed by atoms with Crippen LogP contribution in [0.2, 0.25) is 0 Å². The molecule has 0 aliphatic rings. The number of nitrogens with zero attached hydrogens (tertiary/aromatic N) is 3. The van der Waals surface area contributed by atoms with Crippen LogP contribution in [0.5, 0.6) is 0 Å². The highest BCUT2D eigenvalue weighted by atomic mass is 16.3.